The van der Waals surface area contributed by atoms with E-state index in [0.29, 0.717) is 20.9 Å². The quantitative estimate of drug-likeness (QED) is 0.251. The van der Waals surface area contributed by atoms with Crippen LogP contribution in [0.2, 0.25) is 5.02 Å². The Balaban J connectivity index is 1.64. The van der Waals surface area contributed by atoms with Crippen molar-refractivity contribution < 1.29 is 0 Å². The first-order chi connectivity index (χ1) is 18.0. The van der Waals surface area contributed by atoms with E-state index in [1.165, 1.54) is 5.56 Å². The van der Waals surface area contributed by atoms with Crippen molar-refractivity contribution in [3.05, 3.63) is 123 Å². The number of fused-ring (bicyclic) bond motifs is 2. The second-order valence-electron chi connectivity index (χ2n) is 9.08. The summed E-state index contributed by atoms with van der Waals surface area (Å²) in [5.74, 6) is 1.36. The predicted molar refractivity (Wildman–Crippen MR) is 153 cm³/mol. The van der Waals surface area contributed by atoms with Gasteiger partial charge in [0, 0.05) is 16.8 Å². The van der Waals surface area contributed by atoms with Crippen LogP contribution >= 0.6 is 34.8 Å². The molecule has 0 aliphatic carbocycles. The summed E-state index contributed by atoms with van der Waals surface area (Å²) in [5, 5.41) is 6.83. The highest BCUT2D eigenvalue weighted by atomic mass is 35.5. The van der Waals surface area contributed by atoms with Gasteiger partial charge in [-0.15, -0.1) is 0 Å². The third-order valence-electron chi connectivity index (χ3n) is 6.60. The second-order valence-corrected chi connectivity index (χ2v) is 10.4. The highest BCUT2D eigenvalue weighted by Gasteiger charge is 2.39. The first kappa shape index (κ1) is 24.1. The van der Waals surface area contributed by atoms with Crippen LogP contribution in [0.15, 0.2) is 106 Å². The van der Waals surface area contributed by atoms with E-state index in [-0.39, 0.29) is 6.04 Å². The van der Waals surface area contributed by atoms with E-state index in [9.17, 15) is 0 Å². The van der Waals surface area contributed by atoms with E-state index in [0.717, 1.165) is 46.7 Å². The first-order valence-electron chi connectivity index (χ1n) is 12.2. The van der Waals surface area contributed by atoms with Crippen molar-refractivity contribution in [3.63, 3.8) is 0 Å². The molecule has 37 heavy (non-hydrogen) atoms. The van der Waals surface area contributed by atoms with E-state index >= 15 is 0 Å². The minimum atomic E-state index is -0.265. The Labute approximate surface area is 231 Å². The summed E-state index contributed by atoms with van der Waals surface area (Å²) in [6.45, 7) is 2.19. The molecule has 6 rings (SSSR count). The van der Waals surface area contributed by atoms with Crippen molar-refractivity contribution in [2.75, 3.05) is 0 Å². The molecule has 0 spiro atoms. The Bertz CT molecular complexity index is 1550. The van der Waals surface area contributed by atoms with Gasteiger partial charge in [-0.3, -0.25) is 0 Å². The lowest BCUT2D eigenvalue weighted by atomic mass is 9.92. The zero-order valence-electron chi connectivity index (χ0n) is 20.1. The van der Waals surface area contributed by atoms with Gasteiger partial charge >= 0.3 is 0 Å². The van der Waals surface area contributed by atoms with Gasteiger partial charge in [0.1, 0.15) is 5.69 Å². The zero-order valence-corrected chi connectivity index (χ0v) is 22.3. The molecule has 3 heterocycles. The summed E-state index contributed by atoms with van der Waals surface area (Å²) >= 11 is 19.5. The smallest absolute Gasteiger partial charge is 0.164 e. The molecule has 0 amide bonds. The number of rotatable bonds is 5. The summed E-state index contributed by atoms with van der Waals surface area (Å²) < 4.78 is 1.90. The maximum atomic E-state index is 6.71. The molecule has 0 N–H and O–H groups in total. The lowest BCUT2D eigenvalue weighted by Crippen LogP contribution is -2.35. The van der Waals surface area contributed by atoms with Gasteiger partial charge in [0.2, 0.25) is 0 Å². The molecule has 2 aliphatic rings. The van der Waals surface area contributed by atoms with Crippen LogP contribution in [0.5, 0.6) is 0 Å². The number of aryl methyl sites for hydroxylation is 1. The van der Waals surface area contributed by atoms with Crippen molar-refractivity contribution in [2.45, 2.75) is 25.8 Å². The lowest BCUT2D eigenvalue weighted by Gasteiger charge is -2.37. The molecule has 0 saturated carbocycles. The van der Waals surface area contributed by atoms with Gasteiger partial charge in [0.05, 0.1) is 27.4 Å². The average molecular weight is 546 g/mol. The number of aliphatic imine (C=N–C) groups is 1. The summed E-state index contributed by atoms with van der Waals surface area (Å²) in [4.78, 5) is 7.09. The first-order valence-corrected chi connectivity index (χ1v) is 13.3. The van der Waals surface area contributed by atoms with Crippen LogP contribution in [0.1, 0.15) is 36.1 Å². The minimum absolute atomic E-state index is 0.265. The number of hydrogen-bond donors (Lipinski definition) is 0. The number of halogens is 3. The molecule has 0 radical (unpaired) electrons. The third kappa shape index (κ3) is 4.40. The minimum Gasteiger partial charge on any atom is -0.318 e. The summed E-state index contributed by atoms with van der Waals surface area (Å²) in [7, 11) is 0. The fourth-order valence-corrected chi connectivity index (χ4v) is 5.57. The van der Waals surface area contributed by atoms with Gasteiger partial charge in [0.15, 0.2) is 11.7 Å². The molecular formula is C30H23Cl3N4. The topological polar surface area (TPSA) is 33.4 Å². The number of amidine groups is 1. The molecule has 0 fully saturated rings. The van der Waals surface area contributed by atoms with E-state index in [1.807, 2.05) is 70.4 Å². The van der Waals surface area contributed by atoms with Crippen molar-refractivity contribution >= 4 is 46.5 Å². The normalized spacial score (nSPS) is 16.5. The van der Waals surface area contributed by atoms with Crippen LogP contribution in [0, 0.1) is 0 Å². The van der Waals surface area contributed by atoms with Crippen LogP contribution in [0.4, 0.5) is 5.82 Å². The Hall–Kier alpha value is -3.31. The van der Waals surface area contributed by atoms with Crippen LogP contribution < -0.4 is 0 Å². The standard InChI is InChI=1S/C30H23Cl3N4/c1-2-6-19-9-11-20(12-10-19)27-26-28(21-13-15-22(31)16-14-21)36-18-23(32)17-25(33)29(36)34-30(26)37(35-27)24-7-4-3-5-8-24/h3-5,7-18,28H,2,6H2,1H3/t28-/m0/s1. The molecule has 3 aromatic carbocycles. The zero-order chi connectivity index (χ0) is 25.5. The molecule has 4 nitrogen and oxygen atoms in total. The largest absolute Gasteiger partial charge is 0.318 e. The van der Waals surface area contributed by atoms with Gasteiger partial charge in [-0.05, 0) is 47.9 Å². The van der Waals surface area contributed by atoms with Crippen molar-refractivity contribution in [1.82, 2.24) is 14.7 Å². The van der Waals surface area contributed by atoms with Crippen LogP contribution in [0.3, 0.4) is 0 Å². The molecule has 0 unspecified atom stereocenters. The SMILES string of the molecule is CCCc1ccc(-c2nn(-c3ccccc3)c3c2[C@H](c2ccc(Cl)cc2)N2C=C(Cl)C=C(Cl)C2=N3)cc1. The molecule has 0 bridgehead atoms. The molecular weight excluding hydrogens is 523 g/mol. The van der Waals surface area contributed by atoms with E-state index in [4.69, 9.17) is 44.9 Å². The van der Waals surface area contributed by atoms with Crippen LogP contribution in [-0.4, -0.2) is 20.5 Å². The number of nitrogens with zero attached hydrogens (tertiary/aromatic N) is 4. The number of aromatic nitrogens is 2. The van der Waals surface area contributed by atoms with Crippen LogP contribution in [0.25, 0.3) is 16.9 Å². The maximum Gasteiger partial charge on any atom is 0.164 e. The Morgan fingerprint density at radius 3 is 2.30 bits per heavy atom. The number of allylic oxidation sites excluding steroid dienone is 2. The number of para-hydroxylation sites is 1. The van der Waals surface area contributed by atoms with E-state index in [2.05, 4.69) is 31.2 Å². The fraction of sp³-hybridized carbons (Fsp3) is 0.133. The van der Waals surface area contributed by atoms with Gasteiger partial charge in [-0.2, -0.15) is 5.10 Å². The monoisotopic (exact) mass is 544 g/mol. The Morgan fingerprint density at radius 1 is 0.865 bits per heavy atom. The summed E-state index contributed by atoms with van der Waals surface area (Å²) in [5.41, 5.74) is 6.12. The van der Waals surface area contributed by atoms with E-state index in [1.54, 1.807) is 6.08 Å². The molecule has 1 aromatic heterocycles. The number of hydrogen-bond acceptors (Lipinski definition) is 3. The van der Waals surface area contributed by atoms with Gasteiger partial charge in [0.25, 0.3) is 0 Å². The maximum absolute atomic E-state index is 6.71. The highest BCUT2D eigenvalue weighted by Crippen LogP contribution is 2.48. The molecule has 184 valence electrons. The van der Waals surface area contributed by atoms with Crippen molar-refractivity contribution in [2.24, 2.45) is 4.99 Å². The van der Waals surface area contributed by atoms with Crippen LogP contribution in [-0.2, 0) is 6.42 Å². The molecule has 2 aliphatic heterocycles. The Morgan fingerprint density at radius 2 is 1.59 bits per heavy atom. The summed E-state index contributed by atoms with van der Waals surface area (Å²) in [6.07, 6.45) is 5.74. The third-order valence-corrected chi connectivity index (χ3v) is 7.33. The van der Waals surface area contributed by atoms with Crippen molar-refractivity contribution in [1.29, 1.82) is 0 Å². The Kier molecular flexibility index (Phi) is 6.41. The molecule has 4 aromatic rings. The van der Waals surface area contributed by atoms with Gasteiger partial charge < -0.3 is 4.90 Å². The van der Waals surface area contributed by atoms with Gasteiger partial charge in [-0.1, -0.05) is 103 Å². The van der Waals surface area contributed by atoms with Crippen molar-refractivity contribution in [3.8, 4) is 16.9 Å². The molecule has 0 saturated heterocycles. The molecule has 1 atom stereocenters. The van der Waals surface area contributed by atoms with E-state index < -0.39 is 0 Å². The summed E-state index contributed by atoms with van der Waals surface area (Å²) in [6, 6.07) is 26.3. The molecule has 7 heteroatoms. The number of benzene rings is 3. The predicted octanol–water partition coefficient (Wildman–Crippen LogP) is 8.80. The van der Waals surface area contributed by atoms with Gasteiger partial charge in [-0.25, -0.2) is 9.67 Å². The average Bonchev–Trinajstić information content (AvgIpc) is 3.29. The highest BCUT2D eigenvalue weighted by molar-refractivity contribution is 6.45. The fourth-order valence-electron chi connectivity index (χ4n) is 4.92. The lowest BCUT2D eigenvalue weighted by molar-refractivity contribution is 0.462. The second kappa shape index (κ2) is 9.86.